The maximum Gasteiger partial charge on any atom is 0.161 e. The highest BCUT2D eigenvalue weighted by molar-refractivity contribution is 9.10. The van der Waals surface area contributed by atoms with E-state index in [1.807, 2.05) is 0 Å². The molecule has 6 heteroatoms. The van der Waals surface area contributed by atoms with Gasteiger partial charge >= 0.3 is 0 Å². The smallest absolute Gasteiger partial charge is 0.161 e. The fourth-order valence-corrected chi connectivity index (χ4v) is 2.17. The van der Waals surface area contributed by atoms with E-state index in [0.29, 0.717) is 15.7 Å². The molecule has 0 saturated carbocycles. The monoisotopic (exact) mass is 340 g/mol. The third-order valence-corrected chi connectivity index (χ3v) is 3.16. The van der Waals surface area contributed by atoms with Gasteiger partial charge in [0.25, 0.3) is 0 Å². The van der Waals surface area contributed by atoms with Crippen LogP contribution >= 0.6 is 15.9 Å². The van der Waals surface area contributed by atoms with Crippen LogP contribution in [-0.2, 0) is 0 Å². The van der Waals surface area contributed by atoms with E-state index < -0.39 is 11.6 Å². The van der Waals surface area contributed by atoms with Crippen molar-refractivity contribution in [2.45, 2.75) is 6.92 Å². The van der Waals surface area contributed by atoms with Crippen LogP contribution in [0.4, 0.5) is 25.8 Å². The first-order valence-corrected chi connectivity index (χ1v) is 6.50. The third-order valence-electron chi connectivity index (χ3n) is 2.71. The van der Waals surface area contributed by atoms with Gasteiger partial charge in [0.1, 0.15) is 5.69 Å². The van der Waals surface area contributed by atoms with E-state index in [1.54, 1.807) is 0 Å². The van der Waals surface area contributed by atoms with Crippen LogP contribution in [0.1, 0.15) is 17.3 Å². The number of hydrogen-bond acceptors (Lipinski definition) is 3. The van der Waals surface area contributed by atoms with Gasteiger partial charge in [-0.15, -0.1) is 0 Å². The van der Waals surface area contributed by atoms with Gasteiger partial charge in [0.15, 0.2) is 17.4 Å². The standard InChI is InChI=1S/C14H11BrF2N2O/c1-7(20)10-3-2-9(6-13(10)18)19-14-11(16)4-8(15)5-12(14)17/h2-6,19H,18H2,1H3. The van der Waals surface area contributed by atoms with Crippen LogP contribution in [0.15, 0.2) is 34.8 Å². The number of nitrogen functional groups attached to an aromatic ring is 1. The van der Waals surface area contributed by atoms with Crippen molar-refractivity contribution in [2.75, 3.05) is 11.1 Å². The Morgan fingerprint density at radius 2 is 1.80 bits per heavy atom. The molecular formula is C14H11BrF2N2O. The Hall–Kier alpha value is -1.95. The zero-order chi connectivity index (χ0) is 14.9. The summed E-state index contributed by atoms with van der Waals surface area (Å²) in [6, 6.07) is 6.80. The van der Waals surface area contributed by atoms with Gasteiger partial charge in [-0.3, -0.25) is 4.79 Å². The Labute approximate surface area is 122 Å². The fraction of sp³-hybridized carbons (Fsp3) is 0.0714. The number of nitrogens with one attached hydrogen (secondary N) is 1. The molecule has 0 atom stereocenters. The molecule has 0 bridgehead atoms. The van der Waals surface area contributed by atoms with Crippen LogP contribution in [-0.4, -0.2) is 5.78 Å². The van der Waals surface area contributed by atoms with Crippen molar-refractivity contribution >= 4 is 38.8 Å². The van der Waals surface area contributed by atoms with Crippen molar-refractivity contribution in [1.29, 1.82) is 0 Å². The average Bonchev–Trinajstić information content (AvgIpc) is 2.33. The van der Waals surface area contributed by atoms with Gasteiger partial charge in [0.05, 0.1) is 0 Å². The summed E-state index contributed by atoms with van der Waals surface area (Å²) in [5.74, 6) is -1.63. The number of nitrogens with two attached hydrogens (primary N) is 1. The highest BCUT2D eigenvalue weighted by Crippen LogP contribution is 2.28. The number of carbonyl (C=O) groups excluding carboxylic acids is 1. The number of anilines is 3. The Bertz CT molecular complexity index is 666. The zero-order valence-electron chi connectivity index (χ0n) is 10.5. The van der Waals surface area contributed by atoms with Crippen molar-refractivity contribution in [3.8, 4) is 0 Å². The molecule has 20 heavy (non-hydrogen) atoms. The van der Waals surface area contributed by atoms with Gasteiger partial charge in [-0.25, -0.2) is 8.78 Å². The van der Waals surface area contributed by atoms with E-state index in [0.717, 1.165) is 12.1 Å². The number of halogens is 3. The third kappa shape index (κ3) is 2.96. The molecule has 0 aliphatic rings. The molecule has 0 spiro atoms. The van der Waals surface area contributed by atoms with Crippen LogP contribution in [0, 0.1) is 11.6 Å². The van der Waals surface area contributed by atoms with Crippen molar-refractivity contribution in [3.63, 3.8) is 0 Å². The Morgan fingerprint density at radius 3 is 2.30 bits per heavy atom. The van der Waals surface area contributed by atoms with Crippen molar-refractivity contribution in [1.82, 2.24) is 0 Å². The predicted octanol–water partition coefficient (Wildman–Crippen LogP) is 4.26. The van der Waals surface area contributed by atoms with Crippen LogP contribution < -0.4 is 11.1 Å². The Balaban J connectivity index is 2.36. The topological polar surface area (TPSA) is 55.1 Å². The largest absolute Gasteiger partial charge is 0.398 e. The molecular weight excluding hydrogens is 330 g/mol. The zero-order valence-corrected chi connectivity index (χ0v) is 12.1. The van der Waals surface area contributed by atoms with Crippen LogP contribution in [0.2, 0.25) is 0 Å². The van der Waals surface area contributed by atoms with Crippen molar-refractivity contribution in [3.05, 3.63) is 52.0 Å². The molecule has 0 saturated heterocycles. The lowest BCUT2D eigenvalue weighted by atomic mass is 10.1. The summed E-state index contributed by atoms with van der Waals surface area (Å²) >= 11 is 3.00. The minimum Gasteiger partial charge on any atom is -0.398 e. The molecule has 0 radical (unpaired) electrons. The van der Waals surface area contributed by atoms with Gasteiger partial charge < -0.3 is 11.1 Å². The first kappa shape index (κ1) is 14.5. The molecule has 3 N–H and O–H groups in total. The first-order valence-electron chi connectivity index (χ1n) is 5.70. The molecule has 2 aromatic rings. The van der Waals surface area contributed by atoms with E-state index in [4.69, 9.17) is 5.73 Å². The Morgan fingerprint density at radius 1 is 1.20 bits per heavy atom. The summed E-state index contributed by atoms with van der Waals surface area (Å²) < 4.78 is 27.7. The minimum atomic E-state index is -0.730. The predicted molar refractivity (Wildman–Crippen MR) is 78.2 cm³/mol. The van der Waals surface area contributed by atoms with E-state index in [1.165, 1.54) is 25.1 Å². The molecule has 0 fully saturated rings. The first-order chi connectivity index (χ1) is 9.38. The van der Waals surface area contributed by atoms with Crippen LogP contribution in [0.25, 0.3) is 0 Å². The second kappa shape index (κ2) is 5.58. The van der Waals surface area contributed by atoms with E-state index in [9.17, 15) is 13.6 Å². The normalized spacial score (nSPS) is 10.4. The molecule has 2 aromatic carbocycles. The second-order valence-electron chi connectivity index (χ2n) is 4.23. The number of hydrogen-bond donors (Lipinski definition) is 2. The van der Waals surface area contributed by atoms with Gasteiger partial charge in [-0.2, -0.15) is 0 Å². The molecule has 0 unspecified atom stereocenters. The van der Waals surface area contributed by atoms with Crippen molar-refractivity contribution < 1.29 is 13.6 Å². The molecule has 0 aliphatic heterocycles. The van der Waals surface area contributed by atoms with E-state index in [-0.39, 0.29) is 17.2 Å². The van der Waals surface area contributed by atoms with Gasteiger partial charge in [0.2, 0.25) is 0 Å². The lowest BCUT2D eigenvalue weighted by Crippen LogP contribution is -2.02. The number of rotatable bonds is 3. The SMILES string of the molecule is CC(=O)c1ccc(Nc2c(F)cc(Br)cc2F)cc1N. The summed E-state index contributed by atoms with van der Waals surface area (Å²) in [4.78, 5) is 11.3. The summed E-state index contributed by atoms with van der Waals surface area (Å²) in [6.45, 7) is 1.40. The molecule has 0 amide bonds. The summed E-state index contributed by atoms with van der Waals surface area (Å²) in [6.07, 6.45) is 0. The van der Waals surface area contributed by atoms with Crippen LogP contribution in [0.3, 0.4) is 0 Å². The summed E-state index contributed by atoms with van der Waals surface area (Å²) in [5, 5.41) is 2.61. The Kier molecular flexibility index (Phi) is 4.04. The molecule has 3 nitrogen and oxygen atoms in total. The van der Waals surface area contributed by atoms with E-state index in [2.05, 4.69) is 21.2 Å². The maximum absolute atomic E-state index is 13.7. The summed E-state index contributed by atoms with van der Waals surface area (Å²) in [7, 11) is 0. The quantitative estimate of drug-likeness (QED) is 0.648. The van der Waals surface area contributed by atoms with Crippen LogP contribution in [0.5, 0.6) is 0 Å². The molecule has 104 valence electrons. The van der Waals surface area contributed by atoms with E-state index >= 15 is 0 Å². The maximum atomic E-state index is 13.7. The average molecular weight is 341 g/mol. The van der Waals surface area contributed by atoms with Gasteiger partial charge in [-0.05, 0) is 37.3 Å². The van der Waals surface area contributed by atoms with Gasteiger partial charge in [0, 0.05) is 21.4 Å². The second-order valence-corrected chi connectivity index (χ2v) is 5.14. The molecule has 0 heterocycles. The number of carbonyl (C=O) groups is 1. The minimum absolute atomic E-state index is 0.171. The molecule has 0 aliphatic carbocycles. The highest BCUT2D eigenvalue weighted by Gasteiger charge is 2.12. The lowest BCUT2D eigenvalue weighted by Gasteiger charge is -2.11. The fourth-order valence-electron chi connectivity index (χ4n) is 1.77. The van der Waals surface area contributed by atoms with Gasteiger partial charge in [-0.1, -0.05) is 15.9 Å². The highest BCUT2D eigenvalue weighted by atomic mass is 79.9. The lowest BCUT2D eigenvalue weighted by molar-refractivity contribution is 0.101. The number of ketones is 1. The molecule has 0 aromatic heterocycles. The molecule has 2 rings (SSSR count). The number of Topliss-reactive ketones (excluding diaryl/α,β-unsaturated/α-hetero) is 1. The number of benzene rings is 2. The summed E-state index contributed by atoms with van der Waals surface area (Å²) in [5.41, 5.74) is 6.46. The van der Waals surface area contributed by atoms with Crippen molar-refractivity contribution in [2.24, 2.45) is 0 Å².